The number of thiophene rings is 1. The molecule has 1 aliphatic carbocycles. The zero-order valence-electron chi connectivity index (χ0n) is 16.4. The van der Waals surface area contributed by atoms with Crippen LogP contribution in [0, 0.1) is 0 Å². The maximum absolute atomic E-state index is 12.4. The molecule has 0 bridgehead atoms. The summed E-state index contributed by atoms with van der Waals surface area (Å²) in [4.78, 5) is 43.1. The van der Waals surface area contributed by atoms with Crippen LogP contribution < -0.4 is 5.32 Å². The van der Waals surface area contributed by atoms with Gasteiger partial charge in [0.1, 0.15) is 5.00 Å². The van der Waals surface area contributed by atoms with Crippen molar-refractivity contribution in [2.24, 2.45) is 0 Å². The first-order chi connectivity index (χ1) is 14.5. The van der Waals surface area contributed by atoms with Gasteiger partial charge in [0, 0.05) is 22.7 Å². The minimum Gasteiger partial charge on any atom is -0.462 e. The van der Waals surface area contributed by atoms with Crippen LogP contribution in [0.15, 0.2) is 17.8 Å². The molecule has 0 aliphatic heterocycles. The molecule has 8 nitrogen and oxygen atoms in total. The van der Waals surface area contributed by atoms with Crippen molar-refractivity contribution >= 4 is 50.5 Å². The molecule has 158 valence electrons. The Bertz CT molecular complexity index is 1070. The number of ether oxygens (including phenoxy) is 2. The van der Waals surface area contributed by atoms with E-state index in [1.165, 1.54) is 22.7 Å². The fourth-order valence-corrected chi connectivity index (χ4v) is 5.45. The maximum Gasteiger partial charge on any atom is 0.341 e. The first-order valence-corrected chi connectivity index (χ1v) is 11.4. The Morgan fingerprint density at radius 2 is 2.07 bits per heavy atom. The molecule has 0 unspecified atom stereocenters. The summed E-state index contributed by atoms with van der Waals surface area (Å²) in [6, 6.07) is 0. The summed E-state index contributed by atoms with van der Waals surface area (Å²) >= 11 is 2.87. The van der Waals surface area contributed by atoms with Crippen LogP contribution in [-0.2, 0) is 38.3 Å². The lowest BCUT2D eigenvalue weighted by atomic mass is 9.95. The minimum atomic E-state index is -0.535. The largest absolute Gasteiger partial charge is 0.462 e. The molecular weight excluding hydrogens is 426 g/mol. The first-order valence-electron chi connectivity index (χ1n) is 9.73. The van der Waals surface area contributed by atoms with Crippen LogP contribution in [0.4, 0.5) is 5.00 Å². The third-order valence-corrected chi connectivity index (χ3v) is 6.71. The molecule has 30 heavy (non-hydrogen) atoms. The summed E-state index contributed by atoms with van der Waals surface area (Å²) in [5.74, 6) is -1.45. The average Bonchev–Trinajstić information content (AvgIpc) is 3.39. The van der Waals surface area contributed by atoms with Crippen LogP contribution in [0.2, 0.25) is 0 Å². The fourth-order valence-electron chi connectivity index (χ4n) is 3.44. The van der Waals surface area contributed by atoms with E-state index in [0.29, 0.717) is 16.3 Å². The minimum absolute atomic E-state index is 0.0109. The monoisotopic (exact) mass is 447 g/mol. The van der Waals surface area contributed by atoms with E-state index in [1.807, 2.05) is 16.0 Å². The molecule has 0 saturated carbocycles. The van der Waals surface area contributed by atoms with Gasteiger partial charge in [-0.3, -0.25) is 14.0 Å². The van der Waals surface area contributed by atoms with Crippen molar-refractivity contribution in [3.05, 3.63) is 39.5 Å². The van der Waals surface area contributed by atoms with Crippen LogP contribution in [0.1, 0.15) is 46.3 Å². The Morgan fingerprint density at radius 3 is 2.87 bits per heavy atom. The Hall–Kier alpha value is -2.72. The molecule has 0 spiro atoms. The number of carbonyl (C=O) groups is 3. The molecule has 1 amide bonds. The summed E-state index contributed by atoms with van der Waals surface area (Å²) in [6.07, 6.45) is 7.36. The summed E-state index contributed by atoms with van der Waals surface area (Å²) in [6.45, 7) is 1.59. The highest BCUT2D eigenvalue weighted by molar-refractivity contribution is 7.17. The van der Waals surface area contributed by atoms with Crippen LogP contribution in [-0.4, -0.2) is 40.4 Å². The number of esters is 2. The number of fused-ring (bicyclic) bond motifs is 2. The number of imidazole rings is 1. The van der Waals surface area contributed by atoms with Crippen molar-refractivity contribution in [1.29, 1.82) is 0 Å². The molecule has 0 radical (unpaired) electrons. The van der Waals surface area contributed by atoms with Crippen molar-refractivity contribution < 1.29 is 23.9 Å². The van der Waals surface area contributed by atoms with Gasteiger partial charge in [0.25, 0.3) is 5.91 Å². The van der Waals surface area contributed by atoms with E-state index in [-0.39, 0.29) is 13.0 Å². The summed E-state index contributed by atoms with van der Waals surface area (Å²) in [7, 11) is 0. The molecule has 1 N–H and O–H groups in total. The van der Waals surface area contributed by atoms with E-state index in [2.05, 4.69) is 10.3 Å². The Labute approximate surface area is 180 Å². The summed E-state index contributed by atoms with van der Waals surface area (Å²) in [5, 5.41) is 5.10. The predicted molar refractivity (Wildman–Crippen MR) is 113 cm³/mol. The second kappa shape index (κ2) is 8.97. The van der Waals surface area contributed by atoms with Gasteiger partial charge in [-0.1, -0.05) is 0 Å². The number of carbonyl (C=O) groups excluding carboxylic acids is 3. The quantitative estimate of drug-likeness (QED) is 0.558. The van der Waals surface area contributed by atoms with Gasteiger partial charge in [-0.05, 0) is 38.2 Å². The van der Waals surface area contributed by atoms with E-state index in [0.717, 1.165) is 41.1 Å². The van der Waals surface area contributed by atoms with Crippen molar-refractivity contribution in [2.45, 2.75) is 39.0 Å². The van der Waals surface area contributed by atoms with Crippen molar-refractivity contribution in [3.63, 3.8) is 0 Å². The third kappa shape index (κ3) is 4.39. The van der Waals surface area contributed by atoms with E-state index in [1.54, 1.807) is 13.1 Å². The van der Waals surface area contributed by atoms with Gasteiger partial charge in [-0.2, -0.15) is 0 Å². The maximum atomic E-state index is 12.4. The standard InChI is InChI=1S/C20H21N3O5S2/c1-2-27-19(26)17-13-5-3-4-6-14(13)30-18(17)22-15(24)11-28-16(25)9-12-10-23-7-8-29-20(23)21-12/h7-8,10H,2-6,9,11H2,1H3,(H,22,24). The van der Waals surface area contributed by atoms with E-state index < -0.39 is 24.5 Å². The molecule has 0 saturated heterocycles. The van der Waals surface area contributed by atoms with Gasteiger partial charge in [0.2, 0.25) is 0 Å². The molecule has 10 heteroatoms. The molecule has 1 aliphatic rings. The normalized spacial score (nSPS) is 13.1. The number of hydrogen-bond donors (Lipinski definition) is 1. The van der Waals surface area contributed by atoms with Crippen molar-refractivity contribution in [3.8, 4) is 0 Å². The Morgan fingerprint density at radius 1 is 1.23 bits per heavy atom. The van der Waals surface area contributed by atoms with E-state index >= 15 is 0 Å². The van der Waals surface area contributed by atoms with Gasteiger partial charge in [0.05, 0.1) is 24.3 Å². The second-order valence-electron chi connectivity index (χ2n) is 6.85. The highest BCUT2D eigenvalue weighted by Crippen LogP contribution is 2.38. The summed E-state index contributed by atoms with van der Waals surface area (Å²) in [5.41, 5.74) is 1.99. The van der Waals surface area contributed by atoms with Crippen LogP contribution in [0.25, 0.3) is 4.96 Å². The zero-order valence-corrected chi connectivity index (χ0v) is 18.1. The zero-order chi connectivity index (χ0) is 21.1. The van der Waals surface area contributed by atoms with Crippen molar-refractivity contribution in [2.75, 3.05) is 18.5 Å². The number of anilines is 1. The lowest BCUT2D eigenvalue weighted by molar-refractivity contribution is -0.146. The third-order valence-electron chi connectivity index (χ3n) is 4.74. The molecule has 3 aromatic heterocycles. The predicted octanol–water partition coefficient (Wildman–Crippen LogP) is 3.24. The van der Waals surface area contributed by atoms with Gasteiger partial charge in [-0.15, -0.1) is 22.7 Å². The smallest absolute Gasteiger partial charge is 0.341 e. The molecule has 4 rings (SSSR count). The Balaban J connectivity index is 1.37. The lowest BCUT2D eigenvalue weighted by Crippen LogP contribution is -2.22. The second-order valence-corrected chi connectivity index (χ2v) is 8.82. The van der Waals surface area contributed by atoms with Crippen LogP contribution >= 0.6 is 22.7 Å². The topological polar surface area (TPSA) is 99.0 Å². The first kappa shape index (κ1) is 20.5. The van der Waals surface area contributed by atoms with Crippen LogP contribution in [0.3, 0.4) is 0 Å². The number of nitrogens with one attached hydrogen (secondary N) is 1. The molecule has 0 atom stereocenters. The summed E-state index contributed by atoms with van der Waals surface area (Å²) < 4.78 is 12.1. The van der Waals surface area contributed by atoms with Crippen molar-refractivity contribution in [1.82, 2.24) is 9.38 Å². The molecule has 0 aromatic carbocycles. The van der Waals surface area contributed by atoms with Gasteiger partial charge in [0.15, 0.2) is 11.6 Å². The highest BCUT2D eigenvalue weighted by atomic mass is 32.1. The number of amides is 1. The number of rotatable bonds is 7. The van der Waals surface area contributed by atoms with E-state index in [9.17, 15) is 14.4 Å². The number of thiazole rings is 1. The van der Waals surface area contributed by atoms with Gasteiger partial charge >= 0.3 is 11.9 Å². The molecular formula is C20H21N3O5S2. The lowest BCUT2D eigenvalue weighted by Gasteiger charge is -2.12. The molecule has 3 aromatic rings. The number of aryl methyl sites for hydroxylation is 1. The number of nitrogens with zero attached hydrogens (tertiary/aromatic N) is 2. The number of hydrogen-bond acceptors (Lipinski definition) is 8. The SMILES string of the molecule is CCOC(=O)c1c(NC(=O)COC(=O)Cc2cn3ccsc3n2)sc2c1CCCC2. The molecule has 0 fully saturated rings. The highest BCUT2D eigenvalue weighted by Gasteiger charge is 2.27. The number of aromatic nitrogens is 2. The van der Waals surface area contributed by atoms with Crippen LogP contribution in [0.5, 0.6) is 0 Å². The van der Waals surface area contributed by atoms with E-state index in [4.69, 9.17) is 9.47 Å². The molecule has 3 heterocycles. The van der Waals surface area contributed by atoms with Gasteiger partial charge in [-0.25, -0.2) is 9.78 Å². The fraction of sp³-hybridized carbons (Fsp3) is 0.400. The van der Waals surface area contributed by atoms with Gasteiger partial charge < -0.3 is 14.8 Å². The average molecular weight is 448 g/mol. The Kier molecular flexibility index (Phi) is 6.14.